The Morgan fingerprint density at radius 3 is 2.53 bits per heavy atom. The number of benzene rings is 1. The maximum absolute atomic E-state index is 12.2. The van der Waals surface area contributed by atoms with Crippen LogP contribution in [0.5, 0.6) is 5.75 Å². The lowest BCUT2D eigenvalue weighted by Crippen LogP contribution is -2.26. The third kappa shape index (κ3) is 2.50. The minimum atomic E-state index is -0.554. The molecule has 0 atom stereocenters. The number of methoxy groups -OCH3 is 1. The van der Waals surface area contributed by atoms with Crippen molar-refractivity contribution in [2.45, 2.75) is 26.4 Å². The van der Waals surface area contributed by atoms with Gasteiger partial charge in [-0.2, -0.15) is 0 Å². The zero-order chi connectivity index (χ0) is 14.2. The number of nitrogens with zero attached hydrogens (tertiary/aromatic N) is 1. The fourth-order valence-corrected chi connectivity index (χ4v) is 1.89. The van der Waals surface area contributed by atoms with Crippen molar-refractivity contribution in [3.05, 3.63) is 24.4 Å². The molecule has 2 aromatic rings. The minimum absolute atomic E-state index is 0.452. The molecule has 0 radical (unpaired) electrons. The Balaban J connectivity index is 2.56. The lowest BCUT2D eigenvalue weighted by atomic mass is 10.2. The second-order valence-corrected chi connectivity index (χ2v) is 5.29. The van der Waals surface area contributed by atoms with Crippen LogP contribution in [0.1, 0.15) is 20.8 Å². The monoisotopic (exact) mass is 262 g/mol. The molecule has 1 aromatic heterocycles. The van der Waals surface area contributed by atoms with Crippen LogP contribution in [0.4, 0.5) is 10.5 Å². The normalized spacial score (nSPS) is 11.6. The number of anilines is 1. The third-order valence-corrected chi connectivity index (χ3v) is 2.63. The van der Waals surface area contributed by atoms with E-state index in [4.69, 9.17) is 15.2 Å². The summed E-state index contributed by atoms with van der Waals surface area (Å²) >= 11 is 0. The van der Waals surface area contributed by atoms with E-state index in [9.17, 15) is 4.79 Å². The van der Waals surface area contributed by atoms with Gasteiger partial charge in [-0.05, 0) is 32.9 Å². The Morgan fingerprint density at radius 2 is 1.95 bits per heavy atom. The SMILES string of the molecule is COc1c(N)ccc2ccn(C(=O)OC(C)(C)C)c12. The van der Waals surface area contributed by atoms with Gasteiger partial charge in [-0.25, -0.2) is 9.36 Å². The van der Waals surface area contributed by atoms with Crippen LogP contribution in [0, 0.1) is 0 Å². The van der Waals surface area contributed by atoms with E-state index in [1.807, 2.05) is 32.9 Å². The van der Waals surface area contributed by atoms with Gasteiger partial charge in [0.2, 0.25) is 0 Å². The number of fused-ring (bicyclic) bond motifs is 1. The van der Waals surface area contributed by atoms with E-state index >= 15 is 0 Å². The molecule has 1 aromatic carbocycles. The molecule has 1 heterocycles. The van der Waals surface area contributed by atoms with E-state index in [1.54, 1.807) is 12.3 Å². The first kappa shape index (κ1) is 13.3. The number of ether oxygens (including phenoxy) is 2. The number of carbonyl (C=O) groups is 1. The summed E-state index contributed by atoms with van der Waals surface area (Å²) in [5.74, 6) is 0.480. The molecule has 0 amide bonds. The van der Waals surface area contributed by atoms with E-state index < -0.39 is 11.7 Å². The predicted molar refractivity (Wildman–Crippen MR) is 74.5 cm³/mol. The summed E-state index contributed by atoms with van der Waals surface area (Å²) in [7, 11) is 1.53. The lowest BCUT2D eigenvalue weighted by molar-refractivity contribution is 0.0544. The van der Waals surface area contributed by atoms with E-state index in [0.717, 1.165) is 5.39 Å². The van der Waals surface area contributed by atoms with Crippen LogP contribution in [0.3, 0.4) is 0 Å². The standard InChI is InChI=1S/C14H18N2O3/c1-14(2,3)19-13(17)16-8-7-9-5-6-10(15)12(18-4)11(9)16/h5-8H,15H2,1-4H3. The highest BCUT2D eigenvalue weighted by molar-refractivity contribution is 5.96. The second kappa shape index (κ2) is 4.50. The van der Waals surface area contributed by atoms with Gasteiger partial charge in [0.25, 0.3) is 0 Å². The molecule has 0 saturated carbocycles. The van der Waals surface area contributed by atoms with Crippen molar-refractivity contribution in [3.8, 4) is 5.75 Å². The van der Waals surface area contributed by atoms with E-state index in [1.165, 1.54) is 11.7 Å². The largest absolute Gasteiger partial charge is 0.492 e. The molecule has 102 valence electrons. The summed E-state index contributed by atoms with van der Waals surface area (Å²) in [6.07, 6.45) is 1.20. The lowest BCUT2D eigenvalue weighted by Gasteiger charge is -2.20. The maximum atomic E-state index is 12.2. The molecule has 5 nitrogen and oxygen atoms in total. The number of hydrogen-bond donors (Lipinski definition) is 1. The fraction of sp³-hybridized carbons (Fsp3) is 0.357. The summed E-state index contributed by atoms with van der Waals surface area (Å²) in [5.41, 5.74) is 6.41. The molecule has 0 bridgehead atoms. The van der Waals surface area contributed by atoms with E-state index in [-0.39, 0.29) is 0 Å². The van der Waals surface area contributed by atoms with Crippen molar-refractivity contribution in [2.24, 2.45) is 0 Å². The first-order chi connectivity index (χ1) is 8.83. The van der Waals surface area contributed by atoms with Gasteiger partial charge >= 0.3 is 6.09 Å². The summed E-state index contributed by atoms with van der Waals surface area (Å²) < 4.78 is 12.1. The molecule has 0 aliphatic heterocycles. The molecule has 2 rings (SSSR count). The van der Waals surface area contributed by atoms with Crippen LogP contribution < -0.4 is 10.5 Å². The van der Waals surface area contributed by atoms with Gasteiger partial charge < -0.3 is 15.2 Å². The first-order valence-electron chi connectivity index (χ1n) is 6.00. The van der Waals surface area contributed by atoms with Crippen molar-refractivity contribution >= 4 is 22.7 Å². The Hall–Kier alpha value is -2.17. The Morgan fingerprint density at radius 1 is 1.26 bits per heavy atom. The molecule has 0 unspecified atom stereocenters. The van der Waals surface area contributed by atoms with Crippen LogP contribution >= 0.6 is 0 Å². The quantitative estimate of drug-likeness (QED) is 0.802. The van der Waals surface area contributed by atoms with Crippen LogP contribution in [-0.2, 0) is 4.74 Å². The van der Waals surface area contributed by atoms with Crippen molar-refractivity contribution < 1.29 is 14.3 Å². The van der Waals surface area contributed by atoms with Gasteiger partial charge in [-0.15, -0.1) is 0 Å². The summed E-state index contributed by atoms with van der Waals surface area (Å²) in [6.45, 7) is 5.46. The van der Waals surface area contributed by atoms with Crippen LogP contribution in [0.2, 0.25) is 0 Å². The molecular weight excluding hydrogens is 244 g/mol. The molecule has 19 heavy (non-hydrogen) atoms. The second-order valence-electron chi connectivity index (χ2n) is 5.29. The molecule has 0 spiro atoms. The number of carbonyl (C=O) groups excluding carboxylic acids is 1. The molecule has 2 N–H and O–H groups in total. The molecule has 0 aliphatic carbocycles. The summed E-state index contributed by atoms with van der Waals surface area (Å²) in [5, 5.41) is 0.872. The van der Waals surface area contributed by atoms with Crippen molar-refractivity contribution in [2.75, 3.05) is 12.8 Å². The number of rotatable bonds is 1. The summed E-state index contributed by atoms with van der Waals surface area (Å²) in [6, 6.07) is 5.41. The average Bonchev–Trinajstić information content (AvgIpc) is 2.70. The Bertz CT molecular complexity index is 623. The zero-order valence-electron chi connectivity index (χ0n) is 11.6. The summed E-state index contributed by atoms with van der Waals surface area (Å²) in [4.78, 5) is 12.2. The van der Waals surface area contributed by atoms with Gasteiger partial charge in [0.1, 0.15) is 11.1 Å². The Kier molecular flexibility index (Phi) is 3.14. The third-order valence-electron chi connectivity index (χ3n) is 2.63. The maximum Gasteiger partial charge on any atom is 0.419 e. The van der Waals surface area contributed by atoms with Gasteiger partial charge in [-0.1, -0.05) is 6.07 Å². The number of nitrogen functional groups attached to an aromatic ring is 1. The van der Waals surface area contributed by atoms with Gasteiger partial charge in [0.15, 0.2) is 5.75 Å². The zero-order valence-corrected chi connectivity index (χ0v) is 11.6. The van der Waals surface area contributed by atoms with E-state index in [2.05, 4.69) is 0 Å². The topological polar surface area (TPSA) is 66.5 Å². The number of aromatic nitrogens is 1. The van der Waals surface area contributed by atoms with Crippen LogP contribution in [-0.4, -0.2) is 23.4 Å². The van der Waals surface area contributed by atoms with Crippen molar-refractivity contribution in [3.63, 3.8) is 0 Å². The highest BCUT2D eigenvalue weighted by Gasteiger charge is 2.21. The highest BCUT2D eigenvalue weighted by atomic mass is 16.6. The minimum Gasteiger partial charge on any atom is -0.492 e. The average molecular weight is 262 g/mol. The number of nitrogens with two attached hydrogens (primary N) is 1. The highest BCUT2D eigenvalue weighted by Crippen LogP contribution is 2.32. The molecular formula is C14H18N2O3. The Labute approximate surface area is 111 Å². The molecule has 0 saturated heterocycles. The van der Waals surface area contributed by atoms with Crippen molar-refractivity contribution in [1.29, 1.82) is 0 Å². The van der Waals surface area contributed by atoms with Gasteiger partial charge in [0, 0.05) is 11.6 Å². The first-order valence-corrected chi connectivity index (χ1v) is 6.00. The molecule has 5 heteroatoms. The molecule has 0 aliphatic rings. The smallest absolute Gasteiger partial charge is 0.419 e. The predicted octanol–water partition coefficient (Wildman–Crippen LogP) is 3.02. The molecule has 0 fully saturated rings. The van der Waals surface area contributed by atoms with Crippen molar-refractivity contribution in [1.82, 2.24) is 4.57 Å². The van der Waals surface area contributed by atoms with Gasteiger partial charge in [0.05, 0.1) is 12.8 Å². The van der Waals surface area contributed by atoms with Crippen LogP contribution in [0.15, 0.2) is 24.4 Å². The fourth-order valence-electron chi connectivity index (χ4n) is 1.89. The van der Waals surface area contributed by atoms with Crippen LogP contribution in [0.25, 0.3) is 10.9 Å². The van der Waals surface area contributed by atoms with E-state index in [0.29, 0.717) is 17.0 Å². The number of hydrogen-bond acceptors (Lipinski definition) is 4. The van der Waals surface area contributed by atoms with Gasteiger partial charge in [-0.3, -0.25) is 0 Å².